The van der Waals surface area contributed by atoms with E-state index < -0.39 is 0 Å². The summed E-state index contributed by atoms with van der Waals surface area (Å²) in [4.78, 5) is 4.41. The molecule has 1 aromatic heterocycles. The number of nitrogen functional groups attached to an aromatic ring is 1. The highest BCUT2D eigenvalue weighted by Gasteiger charge is 2.20. The lowest BCUT2D eigenvalue weighted by Gasteiger charge is -2.08. The fraction of sp³-hybridized carbons (Fsp3) is 0.533. The highest BCUT2D eigenvalue weighted by molar-refractivity contribution is 5.81. The van der Waals surface area contributed by atoms with Crippen LogP contribution in [0, 0.1) is 12.8 Å². The normalized spacial score (nSPS) is 15.2. The summed E-state index contributed by atoms with van der Waals surface area (Å²) in [5.74, 6) is 1.44. The van der Waals surface area contributed by atoms with Crippen molar-refractivity contribution < 1.29 is 4.74 Å². The van der Waals surface area contributed by atoms with Crippen LogP contribution in [-0.2, 0) is 11.3 Å². The molecular weight excluding hydrogens is 238 g/mol. The van der Waals surface area contributed by atoms with Crippen molar-refractivity contribution in [1.29, 1.82) is 0 Å². The minimum Gasteiger partial charge on any atom is -0.381 e. The van der Waals surface area contributed by atoms with E-state index >= 15 is 0 Å². The molecule has 2 aromatic rings. The number of aromatic nitrogens is 2. The molecule has 1 aromatic carbocycles. The van der Waals surface area contributed by atoms with Crippen LogP contribution in [0.3, 0.4) is 0 Å². The number of benzene rings is 1. The van der Waals surface area contributed by atoms with Gasteiger partial charge in [0.1, 0.15) is 0 Å². The Morgan fingerprint density at radius 1 is 1.42 bits per heavy atom. The first-order chi connectivity index (χ1) is 9.25. The van der Waals surface area contributed by atoms with Gasteiger partial charge in [0.15, 0.2) is 0 Å². The zero-order chi connectivity index (χ0) is 13.2. The van der Waals surface area contributed by atoms with Gasteiger partial charge in [-0.25, -0.2) is 4.98 Å². The first-order valence-electron chi connectivity index (χ1n) is 7.05. The average molecular weight is 259 g/mol. The molecule has 4 nitrogen and oxygen atoms in total. The first kappa shape index (κ1) is 12.5. The number of rotatable bonds is 6. The Morgan fingerprint density at radius 2 is 2.26 bits per heavy atom. The number of para-hydroxylation sites is 1. The molecule has 1 aliphatic rings. The maximum absolute atomic E-state index is 6.01. The summed E-state index contributed by atoms with van der Waals surface area (Å²) in [6.07, 6.45) is 3.67. The third-order valence-corrected chi connectivity index (χ3v) is 3.72. The second-order valence-electron chi connectivity index (χ2n) is 5.44. The van der Waals surface area contributed by atoms with Gasteiger partial charge >= 0.3 is 0 Å². The SMILES string of the molecule is Cc1cccc2nc(N)n(CCCOCC3CC3)c12. The van der Waals surface area contributed by atoms with Crippen LogP contribution >= 0.6 is 0 Å². The van der Waals surface area contributed by atoms with Crippen LogP contribution in [0.4, 0.5) is 5.95 Å². The van der Waals surface area contributed by atoms with Crippen LogP contribution in [0.15, 0.2) is 18.2 Å². The van der Waals surface area contributed by atoms with Gasteiger partial charge in [0.25, 0.3) is 0 Å². The van der Waals surface area contributed by atoms with E-state index in [9.17, 15) is 0 Å². The molecule has 0 aliphatic heterocycles. The van der Waals surface area contributed by atoms with Crippen molar-refractivity contribution in [3.63, 3.8) is 0 Å². The third kappa shape index (κ3) is 2.73. The molecule has 1 aliphatic carbocycles. The Labute approximate surface area is 113 Å². The van der Waals surface area contributed by atoms with Gasteiger partial charge < -0.3 is 15.0 Å². The van der Waals surface area contributed by atoms with E-state index in [0.29, 0.717) is 5.95 Å². The van der Waals surface area contributed by atoms with Crippen molar-refractivity contribution >= 4 is 17.0 Å². The molecule has 3 rings (SSSR count). The van der Waals surface area contributed by atoms with Crippen molar-refractivity contribution in [2.75, 3.05) is 18.9 Å². The van der Waals surface area contributed by atoms with Gasteiger partial charge in [0.2, 0.25) is 5.95 Å². The lowest BCUT2D eigenvalue weighted by Crippen LogP contribution is -2.07. The Bertz CT molecular complexity index is 572. The van der Waals surface area contributed by atoms with Gasteiger partial charge in [-0.3, -0.25) is 0 Å². The minimum absolute atomic E-state index is 0.603. The molecule has 102 valence electrons. The highest BCUT2D eigenvalue weighted by Crippen LogP contribution is 2.28. The second-order valence-corrected chi connectivity index (χ2v) is 5.44. The van der Waals surface area contributed by atoms with Gasteiger partial charge in [-0.15, -0.1) is 0 Å². The van der Waals surface area contributed by atoms with Crippen molar-refractivity contribution in [2.45, 2.75) is 32.7 Å². The third-order valence-electron chi connectivity index (χ3n) is 3.72. The van der Waals surface area contributed by atoms with E-state index in [-0.39, 0.29) is 0 Å². The number of ether oxygens (including phenoxy) is 1. The molecule has 0 atom stereocenters. The number of hydrogen-bond donors (Lipinski definition) is 1. The van der Waals surface area contributed by atoms with E-state index in [1.807, 2.05) is 12.1 Å². The number of fused-ring (bicyclic) bond motifs is 1. The van der Waals surface area contributed by atoms with Gasteiger partial charge in [0, 0.05) is 19.8 Å². The number of aryl methyl sites for hydroxylation is 2. The molecule has 0 saturated heterocycles. The molecule has 0 unspecified atom stereocenters. The van der Waals surface area contributed by atoms with Crippen LogP contribution in [0.25, 0.3) is 11.0 Å². The molecule has 1 heterocycles. The van der Waals surface area contributed by atoms with Crippen molar-refractivity contribution in [2.24, 2.45) is 5.92 Å². The number of imidazole rings is 1. The van der Waals surface area contributed by atoms with Crippen molar-refractivity contribution in [3.8, 4) is 0 Å². The maximum atomic E-state index is 6.01. The van der Waals surface area contributed by atoms with Crippen LogP contribution in [0.2, 0.25) is 0 Å². The molecule has 0 bridgehead atoms. The summed E-state index contributed by atoms with van der Waals surface area (Å²) in [6, 6.07) is 6.13. The predicted molar refractivity (Wildman–Crippen MR) is 77.0 cm³/mol. The molecule has 0 amide bonds. The topological polar surface area (TPSA) is 53.1 Å². The molecule has 1 fully saturated rings. The molecule has 0 radical (unpaired) electrons. The monoisotopic (exact) mass is 259 g/mol. The number of nitrogens with two attached hydrogens (primary N) is 1. The maximum Gasteiger partial charge on any atom is 0.201 e. The van der Waals surface area contributed by atoms with E-state index in [1.165, 1.54) is 18.4 Å². The Morgan fingerprint density at radius 3 is 3.05 bits per heavy atom. The van der Waals surface area contributed by atoms with Crippen LogP contribution in [0.5, 0.6) is 0 Å². The van der Waals surface area contributed by atoms with E-state index in [0.717, 1.165) is 43.1 Å². The fourth-order valence-corrected chi connectivity index (χ4v) is 2.47. The van der Waals surface area contributed by atoms with Gasteiger partial charge in [-0.2, -0.15) is 0 Å². The van der Waals surface area contributed by atoms with Crippen LogP contribution in [-0.4, -0.2) is 22.8 Å². The number of nitrogens with zero attached hydrogens (tertiary/aromatic N) is 2. The summed E-state index contributed by atoms with van der Waals surface area (Å²) in [5.41, 5.74) is 9.37. The summed E-state index contributed by atoms with van der Waals surface area (Å²) in [5, 5.41) is 0. The smallest absolute Gasteiger partial charge is 0.201 e. The highest BCUT2D eigenvalue weighted by atomic mass is 16.5. The van der Waals surface area contributed by atoms with E-state index in [1.54, 1.807) is 0 Å². The molecule has 19 heavy (non-hydrogen) atoms. The largest absolute Gasteiger partial charge is 0.381 e. The Balaban J connectivity index is 1.64. The Hall–Kier alpha value is -1.55. The molecule has 4 heteroatoms. The molecule has 2 N–H and O–H groups in total. The number of hydrogen-bond acceptors (Lipinski definition) is 3. The zero-order valence-electron chi connectivity index (χ0n) is 11.4. The Kier molecular flexibility index (Phi) is 3.42. The lowest BCUT2D eigenvalue weighted by molar-refractivity contribution is 0.119. The van der Waals surface area contributed by atoms with Crippen molar-refractivity contribution in [3.05, 3.63) is 23.8 Å². The van der Waals surface area contributed by atoms with Crippen molar-refractivity contribution in [1.82, 2.24) is 9.55 Å². The molecule has 1 saturated carbocycles. The van der Waals surface area contributed by atoms with Gasteiger partial charge in [0.05, 0.1) is 11.0 Å². The van der Waals surface area contributed by atoms with E-state index in [4.69, 9.17) is 10.5 Å². The quantitative estimate of drug-likeness (QED) is 0.812. The predicted octanol–water partition coefficient (Wildman–Crippen LogP) is 2.74. The van der Waals surface area contributed by atoms with E-state index in [2.05, 4.69) is 22.5 Å². The van der Waals surface area contributed by atoms with Crippen LogP contribution in [0.1, 0.15) is 24.8 Å². The lowest BCUT2D eigenvalue weighted by atomic mass is 10.2. The molecule has 0 spiro atoms. The zero-order valence-corrected chi connectivity index (χ0v) is 11.4. The summed E-state index contributed by atoms with van der Waals surface area (Å²) >= 11 is 0. The fourth-order valence-electron chi connectivity index (χ4n) is 2.47. The number of anilines is 1. The first-order valence-corrected chi connectivity index (χ1v) is 7.05. The van der Waals surface area contributed by atoms with Crippen LogP contribution < -0.4 is 5.73 Å². The average Bonchev–Trinajstić information content (AvgIpc) is 3.14. The second kappa shape index (κ2) is 5.21. The summed E-state index contributed by atoms with van der Waals surface area (Å²) in [7, 11) is 0. The molecular formula is C15H21N3O. The summed E-state index contributed by atoms with van der Waals surface area (Å²) < 4.78 is 7.77. The minimum atomic E-state index is 0.603. The summed E-state index contributed by atoms with van der Waals surface area (Å²) in [6.45, 7) is 4.71. The van der Waals surface area contributed by atoms with Gasteiger partial charge in [-0.05, 0) is 43.7 Å². The standard InChI is InChI=1S/C15H21N3O/c1-11-4-2-5-13-14(11)18(15(16)17-13)8-3-9-19-10-12-6-7-12/h2,4-5,12H,3,6-10H2,1H3,(H2,16,17). The van der Waals surface area contributed by atoms with Gasteiger partial charge in [-0.1, -0.05) is 12.1 Å².